The Morgan fingerprint density at radius 1 is 1.16 bits per heavy atom. The molecule has 19 heavy (non-hydrogen) atoms. The zero-order chi connectivity index (χ0) is 13.1. The smallest absolute Gasteiger partial charge is 0.191 e. The second kappa shape index (κ2) is 5.36. The summed E-state index contributed by atoms with van der Waals surface area (Å²) in [4.78, 5) is 5.75. The van der Waals surface area contributed by atoms with E-state index in [0.29, 0.717) is 0 Å². The van der Waals surface area contributed by atoms with E-state index in [-0.39, 0.29) is 5.92 Å². The summed E-state index contributed by atoms with van der Waals surface area (Å²) >= 11 is 1.66. The number of hydrogen-bond donors (Lipinski definition) is 1. The molecule has 4 heteroatoms. The predicted octanol–water partition coefficient (Wildman–Crippen LogP) is 4.08. The Morgan fingerprint density at radius 3 is 2.68 bits per heavy atom. The quantitative estimate of drug-likeness (QED) is 0.775. The summed E-state index contributed by atoms with van der Waals surface area (Å²) in [5.74, 6) is 2.01. The van der Waals surface area contributed by atoms with E-state index in [2.05, 4.69) is 46.4 Å². The molecule has 1 aromatic carbocycles. The third-order valence-electron chi connectivity index (χ3n) is 3.18. The van der Waals surface area contributed by atoms with Gasteiger partial charge in [0.15, 0.2) is 5.82 Å². The maximum Gasteiger partial charge on any atom is 0.191 e. The molecule has 0 radical (unpaired) electrons. The van der Waals surface area contributed by atoms with Gasteiger partial charge in [-0.05, 0) is 23.4 Å². The van der Waals surface area contributed by atoms with Crippen molar-refractivity contribution in [1.29, 1.82) is 0 Å². The predicted molar refractivity (Wildman–Crippen MR) is 78.3 cm³/mol. The molecule has 96 valence electrons. The van der Waals surface area contributed by atoms with Crippen LogP contribution in [0.3, 0.4) is 0 Å². The molecule has 0 amide bonds. The number of rotatable bonds is 4. The van der Waals surface area contributed by atoms with Crippen LogP contribution in [0, 0.1) is 0 Å². The number of benzene rings is 1. The molecule has 0 aliphatic carbocycles. The summed E-state index contributed by atoms with van der Waals surface area (Å²) in [7, 11) is 0. The highest BCUT2D eigenvalue weighted by Crippen LogP contribution is 2.27. The molecule has 0 saturated heterocycles. The fraction of sp³-hybridized carbons (Fsp3) is 0.200. The van der Waals surface area contributed by atoms with E-state index in [9.17, 15) is 0 Å². The van der Waals surface area contributed by atoms with Crippen molar-refractivity contribution in [3.63, 3.8) is 0 Å². The molecule has 0 aliphatic rings. The fourth-order valence-corrected chi connectivity index (χ4v) is 2.88. The van der Waals surface area contributed by atoms with Crippen molar-refractivity contribution in [3.8, 4) is 10.7 Å². The number of thiophene rings is 1. The van der Waals surface area contributed by atoms with Crippen molar-refractivity contribution in [2.24, 2.45) is 0 Å². The summed E-state index contributed by atoms with van der Waals surface area (Å²) in [5, 5.41) is 9.46. The van der Waals surface area contributed by atoms with Crippen LogP contribution in [0.25, 0.3) is 10.7 Å². The van der Waals surface area contributed by atoms with Crippen molar-refractivity contribution in [1.82, 2.24) is 15.2 Å². The monoisotopic (exact) mass is 269 g/mol. The first-order valence-corrected chi connectivity index (χ1v) is 7.27. The average molecular weight is 269 g/mol. The Morgan fingerprint density at radius 2 is 2.00 bits per heavy atom. The summed E-state index contributed by atoms with van der Waals surface area (Å²) in [6, 6.07) is 14.5. The largest absolute Gasteiger partial charge is 0.262 e. The average Bonchev–Trinajstić information content (AvgIpc) is 3.11. The summed E-state index contributed by atoms with van der Waals surface area (Å²) < 4.78 is 0. The molecule has 3 nitrogen and oxygen atoms in total. The van der Waals surface area contributed by atoms with Crippen molar-refractivity contribution in [2.75, 3.05) is 0 Å². The van der Waals surface area contributed by atoms with Crippen LogP contribution < -0.4 is 0 Å². The van der Waals surface area contributed by atoms with Gasteiger partial charge >= 0.3 is 0 Å². The normalized spacial score (nSPS) is 12.5. The molecule has 1 N–H and O–H groups in total. The van der Waals surface area contributed by atoms with Crippen LogP contribution in [0.15, 0.2) is 47.8 Å². The lowest BCUT2D eigenvalue weighted by Gasteiger charge is -2.11. The van der Waals surface area contributed by atoms with E-state index in [1.807, 2.05) is 23.6 Å². The molecular weight excluding hydrogens is 254 g/mol. The Balaban J connectivity index is 1.93. The third kappa shape index (κ3) is 2.44. The van der Waals surface area contributed by atoms with E-state index in [0.717, 1.165) is 22.9 Å². The lowest BCUT2D eigenvalue weighted by atomic mass is 9.96. The zero-order valence-electron chi connectivity index (χ0n) is 10.7. The van der Waals surface area contributed by atoms with Crippen molar-refractivity contribution in [2.45, 2.75) is 19.3 Å². The topological polar surface area (TPSA) is 41.6 Å². The first kappa shape index (κ1) is 12.1. The Bertz CT molecular complexity index is 628. The van der Waals surface area contributed by atoms with Gasteiger partial charge in [0.2, 0.25) is 0 Å². The van der Waals surface area contributed by atoms with Gasteiger partial charge in [0, 0.05) is 5.92 Å². The SMILES string of the molecule is CCC(c1ccccc1)c1nc(-c2cccs2)n[nH]1. The highest BCUT2D eigenvalue weighted by atomic mass is 32.1. The molecule has 2 heterocycles. The Hall–Kier alpha value is -1.94. The second-order valence-corrected chi connectivity index (χ2v) is 5.34. The summed E-state index contributed by atoms with van der Waals surface area (Å²) in [6.45, 7) is 2.17. The first-order valence-electron chi connectivity index (χ1n) is 6.39. The standard InChI is InChI=1S/C15H15N3S/c1-2-12(11-7-4-3-5-8-11)14-16-15(18-17-14)13-9-6-10-19-13/h3-10,12H,2H2,1H3,(H,16,17,18). The molecule has 0 aliphatic heterocycles. The molecule has 3 rings (SSSR count). The molecule has 0 fully saturated rings. The van der Waals surface area contributed by atoms with E-state index in [4.69, 9.17) is 0 Å². The van der Waals surface area contributed by atoms with E-state index in [1.54, 1.807) is 11.3 Å². The zero-order valence-corrected chi connectivity index (χ0v) is 11.5. The molecule has 0 spiro atoms. The first-order chi connectivity index (χ1) is 9.38. The molecule has 1 unspecified atom stereocenters. The Kier molecular flexibility index (Phi) is 3.42. The van der Waals surface area contributed by atoms with Gasteiger partial charge in [0.05, 0.1) is 4.88 Å². The summed E-state index contributed by atoms with van der Waals surface area (Å²) in [5.41, 5.74) is 1.28. The van der Waals surface area contributed by atoms with Gasteiger partial charge in [0.25, 0.3) is 0 Å². The van der Waals surface area contributed by atoms with Crippen LogP contribution >= 0.6 is 11.3 Å². The number of H-pyrrole nitrogens is 1. The second-order valence-electron chi connectivity index (χ2n) is 4.39. The number of nitrogens with zero attached hydrogens (tertiary/aromatic N) is 2. The van der Waals surface area contributed by atoms with E-state index < -0.39 is 0 Å². The van der Waals surface area contributed by atoms with Gasteiger partial charge in [-0.1, -0.05) is 43.3 Å². The van der Waals surface area contributed by atoms with Crippen LogP contribution in [0.4, 0.5) is 0 Å². The van der Waals surface area contributed by atoms with Crippen molar-refractivity contribution >= 4 is 11.3 Å². The lowest BCUT2D eigenvalue weighted by molar-refractivity contribution is 0.721. The van der Waals surface area contributed by atoms with Crippen LogP contribution in [-0.4, -0.2) is 15.2 Å². The molecule has 2 aromatic heterocycles. The van der Waals surface area contributed by atoms with Gasteiger partial charge in [-0.3, -0.25) is 5.10 Å². The van der Waals surface area contributed by atoms with Gasteiger partial charge in [-0.25, -0.2) is 4.98 Å². The number of hydrogen-bond acceptors (Lipinski definition) is 3. The van der Waals surface area contributed by atoms with Crippen molar-refractivity contribution < 1.29 is 0 Å². The molecular formula is C15H15N3S. The molecule has 3 aromatic rings. The minimum Gasteiger partial charge on any atom is -0.262 e. The van der Waals surface area contributed by atoms with Gasteiger partial charge in [-0.15, -0.1) is 11.3 Å². The fourth-order valence-electron chi connectivity index (χ4n) is 2.22. The number of aromatic amines is 1. The minimum absolute atomic E-state index is 0.280. The van der Waals surface area contributed by atoms with E-state index in [1.165, 1.54) is 5.56 Å². The highest BCUT2D eigenvalue weighted by Gasteiger charge is 2.17. The van der Waals surface area contributed by atoms with E-state index >= 15 is 0 Å². The van der Waals surface area contributed by atoms with Crippen LogP contribution in [0.2, 0.25) is 0 Å². The number of aromatic nitrogens is 3. The molecule has 0 bridgehead atoms. The van der Waals surface area contributed by atoms with Crippen molar-refractivity contribution in [3.05, 3.63) is 59.2 Å². The van der Waals surface area contributed by atoms with Crippen LogP contribution in [0.5, 0.6) is 0 Å². The third-order valence-corrected chi connectivity index (χ3v) is 4.05. The lowest BCUT2D eigenvalue weighted by Crippen LogP contribution is -2.01. The summed E-state index contributed by atoms with van der Waals surface area (Å²) in [6.07, 6.45) is 1.00. The van der Waals surface area contributed by atoms with Crippen LogP contribution in [-0.2, 0) is 0 Å². The molecule has 1 atom stereocenters. The molecule has 0 saturated carbocycles. The maximum atomic E-state index is 4.64. The van der Waals surface area contributed by atoms with Gasteiger partial charge in [-0.2, -0.15) is 5.10 Å². The maximum absolute atomic E-state index is 4.64. The number of nitrogens with one attached hydrogen (secondary N) is 1. The Labute approximate surface area is 116 Å². The highest BCUT2D eigenvalue weighted by molar-refractivity contribution is 7.13. The van der Waals surface area contributed by atoms with Gasteiger partial charge in [0.1, 0.15) is 5.82 Å². The van der Waals surface area contributed by atoms with Gasteiger partial charge < -0.3 is 0 Å². The van der Waals surface area contributed by atoms with Crippen LogP contribution in [0.1, 0.15) is 30.7 Å². The minimum atomic E-state index is 0.280.